The predicted octanol–water partition coefficient (Wildman–Crippen LogP) is 2.04. The number of benzene rings is 1. The number of amides is 1. The zero-order valence-corrected chi connectivity index (χ0v) is 11.3. The molecule has 0 unspecified atom stereocenters. The van der Waals surface area contributed by atoms with Gasteiger partial charge in [-0.25, -0.2) is 4.68 Å². The first-order valence-electron chi connectivity index (χ1n) is 6.21. The van der Waals surface area contributed by atoms with Crippen molar-refractivity contribution < 1.29 is 22.5 Å². The molecule has 3 rings (SSSR count). The van der Waals surface area contributed by atoms with Crippen molar-refractivity contribution in [2.24, 2.45) is 5.73 Å². The normalized spacial score (nSPS) is 11.6. The van der Waals surface area contributed by atoms with Crippen molar-refractivity contribution >= 4 is 5.91 Å². The van der Waals surface area contributed by atoms with Crippen LogP contribution in [0.5, 0.6) is 0 Å². The molecule has 0 fully saturated rings. The Bertz CT molecular complexity index is 851. The highest BCUT2D eigenvalue weighted by Crippen LogP contribution is 2.29. The molecule has 0 aliphatic heterocycles. The largest absolute Gasteiger partial charge is 0.471 e. The fourth-order valence-corrected chi connectivity index (χ4v) is 1.81. The van der Waals surface area contributed by atoms with Crippen LogP contribution >= 0.6 is 0 Å². The molecule has 0 atom stereocenters. The molecule has 1 amide bonds. The number of nitrogens with two attached hydrogens (primary N) is 1. The highest BCUT2D eigenvalue weighted by molar-refractivity contribution is 5.92. The van der Waals surface area contributed by atoms with E-state index in [1.165, 1.54) is 29.2 Å². The van der Waals surface area contributed by atoms with E-state index >= 15 is 0 Å². The lowest BCUT2D eigenvalue weighted by molar-refractivity contribution is -0.159. The molecule has 2 N–H and O–H groups in total. The van der Waals surface area contributed by atoms with E-state index < -0.39 is 18.0 Å². The number of nitrogens with zero attached hydrogens (tertiary/aromatic N) is 4. The number of primary amides is 1. The summed E-state index contributed by atoms with van der Waals surface area (Å²) < 4.78 is 42.9. The zero-order chi connectivity index (χ0) is 16.6. The molecule has 118 valence electrons. The van der Waals surface area contributed by atoms with E-state index in [4.69, 9.17) is 5.73 Å². The van der Waals surface area contributed by atoms with Crippen LogP contribution in [0.2, 0.25) is 0 Å². The first-order chi connectivity index (χ1) is 10.8. The van der Waals surface area contributed by atoms with Crippen molar-refractivity contribution in [1.82, 2.24) is 19.9 Å². The van der Waals surface area contributed by atoms with Gasteiger partial charge in [0.05, 0.1) is 17.4 Å². The average molecular weight is 323 g/mol. The van der Waals surface area contributed by atoms with E-state index in [1.807, 2.05) is 0 Å². The van der Waals surface area contributed by atoms with Gasteiger partial charge >= 0.3 is 12.1 Å². The topological polar surface area (TPSA) is 99.8 Å². The summed E-state index contributed by atoms with van der Waals surface area (Å²) in [5.74, 6) is -2.20. The molecular formula is C13H8F3N5O2. The van der Waals surface area contributed by atoms with Crippen LogP contribution in [0.3, 0.4) is 0 Å². The number of aromatic nitrogens is 4. The Hall–Kier alpha value is -3.17. The van der Waals surface area contributed by atoms with Gasteiger partial charge in [0.25, 0.3) is 5.91 Å². The van der Waals surface area contributed by atoms with Crippen molar-refractivity contribution in [1.29, 1.82) is 0 Å². The molecule has 0 spiro atoms. The molecule has 0 aliphatic rings. The van der Waals surface area contributed by atoms with Crippen LogP contribution in [-0.4, -0.2) is 25.8 Å². The van der Waals surface area contributed by atoms with Gasteiger partial charge < -0.3 is 10.3 Å². The van der Waals surface area contributed by atoms with E-state index in [2.05, 4.69) is 19.8 Å². The Balaban J connectivity index is 1.87. The number of hydrogen-bond acceptors (Lipinski definition) is 5. The van der Waals surface area contributed by atoms with Gasteiger partial charge in [0.2, 0.25) is 5.82 Å². The number of carbonyl (C=O) groups is 1. The number of hydrogen-bond donors (Lipinski definition) is 1. The number of halogens is 3. The second-order valence-corrected chi connectivity index (χ2v) is 4.51. The second-order valence-electron chi connectivity index (χ2n) is 4.51. The summed E-state index contributed by atoms with van der Waals surface area (Å²) in [6.45, 7) is 0. The second kappa shape index (κ2) is 5.23. The van der Waals surface area contributed by atoms with Crippen LogP contribution in [0.4, 0.5) is 13.2 Å². The minimum Gasteiger partial charge on any atom is -0.366 e. The Labute approximate surface area is 126 Å². The minimum atomic E-state index is -4.69. The molecule has 2 aromatic heterocycles. The van der Waals surface area contributed by atoms with Crippen LogP contribution in [0.1, 0.15) is 16.2 Å². The SMILES string of the molecule is NC(=O)c1cnn(-c2ccc(-c3noc(C(F)(F)F)n3)cc2)c1. The lowest BCUT2D eigenvalue weighted by atomic mass is 10.2. The number of carbonyl (C=O) groups excluding carboxylic acids is 1. The zero-order valence-electron chi connectivity index (χ0n) is 11.3. The maximum absolute atomic E-state index is 12.4. The molecule has 0 radical (unpaired) electrons. The average Bonchev–Trinajstić information content (AvgIpc) is 3.16. The molecule has 23 heavy (non-hydrogen) atoms. The first-order valence-corrected chi connectivity index (χ1v) is 6.21. The highest BCUT2D eigenvalue weighted by atomic mass is 19.4. The summed E-state index contributed by atoms with van der Waals surface area (Å²) in [7, 11) is 0. The molecule has 2 heterocycles. The lowest BCUT2D eigenvalue weighted by Crippen LogP contribution is -2.09. The van der Waals surface area contributed by atoms with E-state index in [-0.39, 0.29) is 11.4 Å². The van der Waals surface area contributed by atoms with Crippen molar-refractivity contribution in [3.8, 4) is 17.1 Å². The molecule has 3 aromatic rings. The molecule has 7 nitrogen and oxygen atoms in total. The van der Waals surface area contributed by atoms with Gasteiger partial charge in [-0.05, 0) is 24.3 Å². The third kappa shape index (κ3) is 2.91. The molecular weight excluding hydrogens is 315 g/mol. The number of rotatable bonds is 3. The van der Waals surface area contributed by atoms with Gasteiger partial charge in [-0.3, -0.25) is 4.79 Å². The molecule has 1 aromatic carbocycles. The molecule has 10 heteroatoms. The molecule has 0 saturated carbocycles. The van der Waals surface area contributed by atoms with Crippen molar-refractivity contribution in [3.63, 3.8) is 0 Å². The lowest BCUT2D eigenvalue weighted by Gasteiger charge is -2.01. The fourth-order valence-electron chi connectivity index (χ4n) is 1.81. The van der Waals surface area contributed by atoms with Crippen LogP contribution in [0, 0.1) is 0 Å². The third-order valence-corrected chi connectivity index (χ3v) is 2.93. The van der Waals surface area contributed by atoms with Crippen molar-refractivity contribution in [2.45, 2.75) is 6.18 Å². The van der Waals surface area contributed by atoms with Crippen LogP contribution < -0.4 is 5.73 Å². The summed E-state index contributed by atoms with van der Waals surface area (Å²) in [4.78, 5) is 14.3. The third-order valence-electron chi connectivity index (χ3n) is 2.93. The van der Waals surface area contributed by atoms with Crippen LogP contribution in [-0.2, 0) is 6.18 Å². The van der Waals surface area contributed by atoms with Crippen LogP contribution in [0.15, 0.2) is 41.2 Å². The van der Waals surface area contributed by atoms with Gasteiger partial charge in [-0.1, -0.05) is 5.16 Å². The highest BCUT2D eigenvalue weighted by Gasteiger charge is 2.38. The Kier molecular flexibility index (Phi) is 3.36. The maximum atomic E-state index is 12.4. The Morgan fingerprint density at radius 2 is 1.91 bits per heavy atom. The molecule has 0 bridgehead atoms. The van der Waals surface area contributed by atoms with E-state index in [1.54, 1.807) is 12.1 Å². The molecule has 0 aliphatic carbocycles. The van der Waals surface area contributed by atoms with Gasteiger partial charge in [0, 0.05) is 11.8 Å². The quantitative estimate of drug-likeness (QED) is 0.795. The summed E-state index contributed by atoms with van der Waals surface area (Å²) in [5.41, 5.74) is 6.30. The maximum Gasteiger partial charge on any atom is 0.471 e. The monoisotopic (exact) mass is 323 g/mol. The summed E-state index contributed by atoms with van der Waals surface area (Å²) in [5, 5.41) is 7.26. The first kappa shape index (κ1) is 14.8. The van der Waals surface area contributed by atoms with Gasteiger partial charge in [0.15, 0.2) is 0 Å². The van der Waals surface area contributed by atoms with Gasteiger partial charge in [-0.15, -0.1) is 0 Å². The standard InChI is InChI=1S/C13H8F3N5O2/c14-13(15,16)12-19-11(20-23-12)7-1-3-9(4-2-7)21-6-8(5-18-21)10(17)22/h1-6H,(H2,17,22). The summed E-state index contributed by atoms with van der Waals surface area (Å²) in [6, 6.07) is 6.17. The van der Waals surface area contributed by atoms with Crippen molar-refractivity contribution in [2.75, 3.05) is 0 Å². The fraction of sp³-hybridized carbons (Fsp3) is 0.0769. The summed E-state index contributed by atoms with van der Waals surface area (Å²) in [6.07, 6.45) is -1.94. The van der Waals surface area contributed by atoms with Gasteiger partial charge in [-0.2, -0.15) is 23.3 Å². The minimum absolute atomic E-state index is 0.179. The van der Waals surface area contributed by atoms with E-state index in [0.29, 0.717) is 11.3 Å². The Morgan fingerprint density at radius 3 is 2.43 bits per heavy atom. The number of alkyl halides is 3. The predicted molar refractivity (Wildman–Crippen MR) is 70.4 cm³/mol. The smallest absolute Gasteiger partial charge is 0.366 e. The molecule has 0 saturated heterocycles. The van der Waals surface area contributed by atoms with Crippen LogP contribution in [0.25, 0.3) is 17.1 Å². The summed E-state index contributed by atoms with van der Waals surface area (Å²) >= 11 is 0. The Morgan fingerprint density at radius 1 is 1.22 bits per heavy atom. The van der Waals surface area contributed by atoms with E-state index in [9.17, 15) is 18.0 Å². The van der Waals surface area contributed by atoms with E-state index in [0.717, 1.165) is 0 Å². The van der Waals surface area contributed by atoms with Crippen molar-refractivity contribution in [3.05, 3.63) is 48.1 Å². The van der Waals surface area contributed by atoms with Gasteiger partial charge in [0.1, 0.15) is 0 Å².